The lowest BCUT2D eigenvalue weighted by atomic mass is 10.2. The number of ether oxygens (including phenoxy) is 2. The second-order valence-corrected chi connectivity index (χ2v) is 5.57. The SMILES string of the molecule is CCOC(=O)c1sc(CNCCOC)nc1C1CC1. The van der Waals surface area contributed by atoms with Crippen LogP contribution in [0.3, 0.4) is 0 Å². The standard InChI is InChI=1S/C13H20N2O3S/c1-3-18-13(16)12-11(9-4-5-9)15-10(19-12)8-14-6-7-17-2/h9,14H,3-8H2,1-2H3. The summed E-state index contributed by atoms with van der Waals surface area (Å²) in [5.41, 5.74) is 0.937. The highest BCUT2D eigenvalue weighted by Crippen LogP contribution is 2.42. The number of hydrogen-bond donors (Lipinski definition) is 1. The van der Waals surface area contributed by atoms with Gasteiger partial charge in [-0.05, 0) is 19.8 Å². The van der Waals surface area contributed by atoms with Crippen LogP contribution in [0.4, 0.5) is 0 Å². The van der Waals surface area contributed by atoms with Gasteiger partial charge in [0.2, 0.25) is 0 Å². The summed E-state index contributed by atoms with van der Waals surface area (Å²) in [5.74, 6) is 0.230. The quantitative estimate of drug-likeness (QED) is 0.584. The van der Waals surface area contributed by atoms with Crippen LogP contribution in [0.25, 0.3) is 0 Å². The zero-order chi connectivity index (χ0) is 13.7. The summed E-state index contributed by atoms with van der Waals surface area (Å²) in [4.78, 5) is 17.2. The van der Waals surface area contributed by atoms with Crippen molar-refractivity contribution in [2.75, 3.05) is 26.9 Å². The Morgan fingerprint density at radius 2 is 2.32 bits per heavy atom. The third-order valence-electron chi connectivity index (χ3n) is 2.88. The van der Waals surface area contributed by atoms with Gasteiger partial charge in [-0.2, -0.15) is 0 Å². The molecule has 0 aromatic carbocycles. The largest absolute Gasteiger partial charge is 0.462 e. The number of hydrogen-bond acceptors (Lipinski definition) is 6. The van der Waals surface area contributed by atoms with E-state index in [0.717, 1.165) is 30.1 Å². The van der Waals surface area contributed by atoms with Crippen molar-refractivity contribution < 1.29 is 14.3 Å². The van der Waals surface area contributed by atoms with Crippen LogP contribution in [0, 0.1) is 0 Å². The first-order valence-corrected chi connectivity index (χ1v) is 7.44. The fourth-order valence-electron chi connectivity index (χ4n) is 1.80. The van der Waals surface area contributed by atoms with E-state index in [4.69, 9.17) is 9.47 Å². The highest BCUT2D eigenvalue weighted by atomic mass is 32.1. The van der Waals surface area contributed by atoms with Crippen LogP contribution in [0.1, 0.15) is 46.1 Å². The monoisotopic (exact) mass is 284 g/mol. The lowest BCUT2D eigenvalue weighted by Crippen LogP contribution is -2.18. The molecule has 6 heteroatoms. The van der Waals surface area contributed by atoms with Crippen LogP contribution in [0.2, 0.25) is 0 Å². The van der Waals surface area contributed by atoms with Crippen molar-refractivity contribution in [2.45, 2.75) is 32.2 Å². The minimum atomic E-state index is -0.231. The molecule has 0 saturated heterocycles. The summed E-state index contributed by atoms with van der Waals surface area (Å²) in [6, 6.07) is 0. The highest BCUT2D eigenvalue weighted by Gasteiger charge is 2.32. The molecule has 1 saturated carbocycles. The van der Waals surface area contributed by atoms with Crippen LogP contribution in [-0.2, 0) is 16.0 Å². The molecule has 1 aliphatic carbocycles. The van der Waals surface area contributed by atoms with Gasteiger partial charge in [-0.3, -0.25) is 0 Å². The van der Waals surface area contributed by atoms with Gasteiger partial charge in [0, 0.05) is 26.1 Å². The average molecular weight is 284 g/mol. The molecule has 1 aromatic rings. The lowest BCUT2D eigenvalue weighted by molar-refractivity contribution is 0.0530. The van der Waals surface area contributed by atoms with E-state index in [2.05, 4.69) is 10.3 Å². The van der Waals surface area contributed by atoms with E-state index in [1.807, 2.05) is 6.92 Å². The number of carbonyl (C=O) groups is 1. The Kier molecular flexibility index (Phi) is 5.30. The minimum Gasteiger partial charge on any atom is -0.462 e. The number of rotatable bonds is 8. The molecule has 106 valence electrons. The molecule has 1 N–H and O–H groups in total. The summed E-state index contributed by atoms with van der Waals surface area (Å²) >= 11 is 1.44. The molecule has 0 atom stereocenters. The Hall–Kier alpha value is -0.980. The van der Waals surface area contributed by atoms with E-state index in [9.17, 15) is 4.79 Å². The van der Waals surface area contributed by atoms with Gasteiger partial charge in [-0.1, -0.05) is 0 Å². The maximum atomic E-state index is 11.9. The number of nitrogens with one attached hydrogen (secondary N) is 1. The number of carbonyl (C=O) groups excluding carboxylic acids is 1. The van der Waals surface area contributed by atoms with Crippen LogP contribution in [-0.4, -0.2) is 37.8 Å². The second kappa shape index (κ2) is 6.98. The summed E-state index contributed by atoms with van der Waals surface area (Å²) in [5, 5.41) is 4.19. The highest BCUT2D eigenvalue weighted by molar-refractivity contribution is 7.13. The normalized spacial score (nSPS) is 14.6. The molecular formula is C13H20N2O3S. The van der Waals surface area contributed by atoms with Crippen LogP contribution in [0.5, 0.6) is 0 Å². The van der Waals surface area contributed by atoms with Crippen molar-refractivity contribution in [3.8, 4) is 0 Å². The Morgan fingerprint density at radius 1 is 1.53 bits per heavy atom. The molecule has 19 heavy (non-hydrogen) atoms. The molecule has 0 unspecified atom stereocenters. The molecule has 0 aliphatic heterocycles. The second-order valence-electron chi connectivity index (χ2n) is 4.49. The first kappa shape index (κ1) is 14.4. The van der Waals surface area contributed by atoms with Crippen LogP contribution in [0.15, 0.2) is 0 Å². The maximum absolute atomic E-state index is 11.9. The van der Waals surface area contributed by atoms with Crippen LogP contribution >= 0.6 is 11.3 Å². The van der Waals surface area contributed by atoms with E-state index in [1.54, 1.807) is 7.11 Å². The predicted octanol–water partition coefficient (Wildman–Crippen LogP) is 1.93. The van der Waals surface area contributed by atoms with Crippen molar-refractivity contribution in [1.82, 2.24) is 10.3 Å². The van der Waals surface area contributed by atoms with E-state index in [1.165, 1.54) is 11.3 Å². The van der Waals surface area contributed by atoms with Crippen molar-refractivity contribution in [2.24, 2.45) is 0 Å². The predicted molar refractivity (Wildman–Crippen MR) is 73.6 cm³/mol. The molecular weight excluding hydrogens is 264 g/mol. The van der Waals surface area contributed by atoms with Crippen molar-refractivity contribution in [1.29, 1.82) is 0 Å². The zero-order valence-electron chi connectivity index (χ0n) is 11.4. The molecule has 1 aliphatic rings. The van der Waals surface area contributed by atoms with E-state index >= 15 is 0 Å². The van der Waals surface area contributed by atoms with Gasteiger partial charge in [0.1, 0.15) is 9.88 Å². The number of methoxy groups -OCH3 is 1. The number of nitrogens with zero attached hydrogens (tertiary/aromatic N) is 1. The van der Waals surface area contributed by atoms with Crippen molar-refractivity contribution in [3.05, 3.63) is 15.6 Å². The number of thiazole rings is 1. The molecule has 5 nitrogen and oxygen atoms in total. The van der Waals surface area contributed by atoms with E-state index in [0.29, 0.717) is 30.6 Å². The minimum absolute atomic E-state index is 0.231. The fourth-order valence-corrected chi connectivity index (χ4v) is 2.81. The Bertz CT molecular complexity index is 430. The molecule has 0 radical (unpaired) electrons. The fraction of sp³-hybridized carbons (Fsp3) is 0.692. The first-order chi connectivity index (χ1) is 9.26. The lowest BCUT2D eigenvalue weighted by Gasteiger charge is -2.00. The topological polar surface area (TPSA) is 60.5 Å². The molecule has 1 aromatic heterocycles. The van der Waals surface area contributed by atoms with E-state index < -0.39 is 0 Å². The first-order valence-electron chi connectivity index (χ1n) is 6.62. The van der Waals surface area contributed by atoms with E-state index in [-0.39, 0.29) is 5.97 Å². The van der Waals surface area contributed by atoms with Gasteiger partial charge in [0.15, 0.2) is 0 Å². The van der Waals surface area contributed by atoms with Gasteiger partial charge in [-0.15, -0.1) is 11.3 Å². The van der Waals surface area contributed by atoms with Crippen LogP contribution < -0.4 is 5.32 Å². The third-order valence-corrected chi connectivity index (χ3v) is 3.93. The van der Waals surface area contributed by atoms with Gasteiger partial charge < -0.3 is 14.8 Å². The summed E-state index contributed by atoms with van der Waals surface area (Å²) in [7, 11) is 1.68. The smallest absolute Gasteiger partial charge is 0.350 e. The third kappa shape index (κ3) is 3.99. The molecule has 1 heterocycles. The van der Waals surface area contributed by atoms with Gasteiger partial charge in [0.25, 0.3) is 0 Å². The number of esters is 1. The average Bonchev–Trinajstić information content (AvgIpc) is 3.16. The molecule has 0 spiro atoms. The Morgan fingerprint density at radius 3 is 2.95 bits per heavy atom. The van der Waals surface area contributed by atoms with Gasteiger partial charge in [0.05, 0.1) is 18.9 Å². The Balaban J connectivity index is 2.00. The summed E-state index contributed by atoms with van der Waals surface area (Å²) in [6.07, 6.45) is 2.26. The molecule has 0 bridgehead atoms. The molecule has 0 amide bonds. The summed E-state index contributed by atoms with van der Waals surface area (Å²) < 4.78 is 10.1. The molecule has 2 rings (SSSR count). The summed E-state index contributed by atoms with van der Waals surface area (Å²) in [6.45, 7) is 4.35. The van der Waals surface area contributed by atoms with Crippen molar-refractivity contribution >= 4 is 17.3 Å². The van der Waals surface area contributed by atoms with Gasteiger partial charge in [-0.25, -0.2) is 9.78 Å². The number of aromatic nitrogens is 1. The molecule has 1 fully saturated rings. The van der Waals surface area contributed by atoms with Gasteiger partial charge >= 0.3 is 5.97 Å². The van der Waals surface area contributed by atoms with Crippen molar-refractivity contribution in [3.63, 3.8) is 0 Å². The zero-order valence-corrected chi connectivity index (χ0v) is 12.2. The maximum Gasteiger partial charge on any atom is 0.350 e. The Labute approximate surface area is 117 Å².